The number of methoxy groups -OCH3 is 2. The molecule has 2 heterocycles. The van der Waals surface area contributed by atoms with Crippen molar-refractivity contribution in [1.29, 1.82) is 0 Å². The Morgan fingerprint density at radius 3 is 2.38 bits per heavy atom. The molecule has 0 bridgehead atoms. The van der Waals surface area contributed by atoms with Gasteiger partial charge in [-0.1, -0.05) is 32.0 Å². The first-order valence-electron chi connectivity index (χ1n) is 8.97. The van der Waals surface area contributed by atoms with Gasteiger partial charge in [0.05, 0.1) is 31.1 Å². The number of anilines is 1. The standard InChI is InChI=1S/C21H23NO4/c1-5-21(6-2)15-9-7-8-10-16(15)22-19(23)13-11-17(24-3)18(25-4)12-14(13)20(22)26-21/h7-12,20H,5-6H2,1-4H3. The summed E-state index contributed by atoms with van der Waals surface area (Å²) in [6.45, 7) is 4.25. The minimum atomic E-state index is -0.452. The molecule has 2 aromatic rings. The number of benzene rings is 2. The number of nitrogens with zero attached hydrogens (tertiary/aromatic N) is 1. The Kier molecular flexibility index (Phi) is 3.92. The van der Waals surface area contributed by atoms with E-state index in [1.54, 1.807) is 25.2 Å². The van der Waals surface area contributed by atoms with Crippen LogP contribution in [-0.4, -0.2) is 20.1 Å². The van der Waals surface area contributed by atoms with Crippen molar-refractivity contribution < 1.29 is 19.0 Å². The van der Waals surface area contributed by atoms with E-state index in [4.69, 9.17) is 14.2 Å². The average Bonchev–Trinajstić information content (AvgIpc) is 2.97. The van der Waals surface area contributed by atoms with Crippen molar-refractivity contribution in [2.45, 2.75) is 38.5 Å². The van der Waals surface area contributed by atoms with Crippen LogP contribution >= 0.6 is 0 Å². The van der Waals surface area contributed by atoms with Crippen LogP contribution in [0.3, 0.4) is 0 Å². The fraction of sp³-hybridized carbons (Fsp3) is 0.381. The fourth-order valence-electron chi connectivity index (χ4n) is 4.16. The van der Waals surface area contributed by atoms with E-state index in [-0.39, 0.29) is 5.91 Å². The van der Waals surface area contributed by atoms with Crippen molar-refractivity contribution in [2.75, 3.05) is 19.1 Å². The number of ether oxygens (including phenoxy) is 3. The Morgan fingerprint density at radius 2 is 1.73 bits per heavy atom. The van der Waals surface area contributed by atoms with Crippen molar-refractivity contribution in [3.05, 3.63) is 53.1 Å². The summed E-state index contributed by atoms with van der Waals surface area (Å²) in [7, 11) is 3.17. The number of fused-ring (bicyclic) bond motifs is 5. The van der Waals surface area contributed by atoms with E-state index in [9.17, 15) is 4.79 Å². The van der Waals surface area contributed by atoms with Crippen LogP contribution in [0.15, 0.2) is 36.4 Å². The zero-order valence-corrected chi connectivity index (χ0v) is 15.5. The first kappa shape index (κ1) is 16.9. The molecule has 1 amide bonds. The lowest BCUT2D eigenvalue weighted by Crippen LogP contribution is -2.43. The van der Waals surface area contributed by atoms with Crippen LogP contribution in [-0.2, 0) is 10.3 Å². The lowest BCUT2D eigenvalue weighted by Gasteiger charge is -2.45. The number of carbonyl (C=O) groups excluding carboxylic acids is 1. The van der Waals surface area contributed by atoms with Gasteiger partial charge < -0.3 is 14.2 Å². The zero-order chi connectivity index (χ0) is 18.5. The van der Waals surface area contributed by atoms with Gasteiger partial charge in [0.1, 0.15) is 0 Å². The van der Waals surface area contributed by atoms with Crippen molar-refractivity contribution in [1.82, 2.24) is 0 Å². The summed E-state index contributed by atoms with van der Waals surface area (Å²) in [5.41, 5.74) is 3.01. The highest BCUT2D eigenvalue weighted by Crippen LogP contribution is 2.53. The van der Waals surface area contributed by atoms with Crippen molar-refractivity contribution in [2.24, 2.45) is 0 Å². The zero-order valence-electron chi connectivity index (χ0n) is 15.5. The van der Waals surface area contributed by atoms with Crippen molar-refractivity contribution in [3.63, 3.8) is 0 Å². The molecule has 0 aliphatic carbocycles. The van der Waals surface area contributed by atoms with Crippen molar-refractivity contribution >= 4 is 11.6 Å². The second-order valence-corrected chi connectivity index (χ2v) is 6.66. The Labute approximate surface area is 153 Å². The van der Waals surface area contributed by atoms with Crippen LogP contribution in [0, 0.1) is 0 Å². The van der Waals surface area contributed by atoms with Crippen LogP contribution in [0.1, 0.15) is 54.4 Å². The molecule has 4 rings (SSSR count). The third-order valence-corrected chi connectivity index (χ3v) is 5.64. The smallest absolute Gasteiger partial charge is 0.261 e. The molecule has 0 radical (unpaired) electrons. The summed E-state index contributed by atoms with van der Waals surface area (Å²) < 4.78 is 17.4. The Balaban J connectivity index is 1.94. The van der Waals surface area contributed by atoms with Crippen molar-refractivity contribution in [3.8, 4) is 11.5 Å². The number of amides is 1. The quantitative estimate of drug-likeness (QED) is 0.817. The van der Waals surface area contributed by atoms with E-state index in [0.717, 1.165) is 29.7 Å². The lowest BCUT2D eigenvalue weighted by molar-refractivity contribution is -0.111. The van der Waals surface area contributed by atoms with E-state index in [2.05, 4.69) is 19.9 Å². The first-order chi connectivity index (χ1) is 12.6. The first-order valence-corrected chi connectivity index (χ1v) is 8.97. The molecule has 2 aromatic carbocycles. The van der Waals surface area contributed by atoms with E-state index >= 15 is 0 Å². The molecule has 5 heteroatoms. The summed E-state index contributed by atoms with van der Waals surface area (Å²) in [4.78, 5) is 15.0. The van der Waals surface area contributed by atoms with E-state index in [0.29, 0.717) is 17.1 Å². The molecule has 1 atom stereocenters. The molecule has 0 fully saturated rings. The van der Waals surface area contributed by atoms with Gasteiger partial charge >= 0.3 is 0 Å². The number of hydrogen-bond acceptors (Lipinski definition) is 4. The maximum atomic E-state index is 13.2. The highest BCUT2D eigenvalue weighted by molar-refractivity contribution is 6.12. The third kappa shape index (κ3) is 2.10. The number of carbonyl (C=O) groups is 1. The number of hydrogen-bond donors (Lipinski definition) is 0. The summed E-state index contributed by atoms with van der Waals surface area (Å²) in [6.07, 6.45) is 1.22. The largest absolute Gasteiger partial charge is 0.493 e. The normalized spacial score (nSPS) is 19.6. The third-order valence-electron chi connectivity index (χ3n) is 5.64. The van der Waals surface area contributed by atoms with Crippen LogP contribution in [0.25, 0.3) is 0 Å². The van der Waals surface area contributed by atoms with Crippen LogP contribution < -0.4 is 14.4 Å². The van der Waals surface area contributed by atoms with E-state index in [1.807, 2.05) is 24.3 Å². The minimum absolute atomic E-state index is 0.0702. The predicted molar refractivity (Wildman–Crippen MR) is 98.9 cm³/mol. The second-order valence-electron chi connectivity index (χ2n) is 6.66. The van der Waals surface area contributed by atoms with Crippen LogP contribution in [0.5, 0.6) is 11.5 Å². The number of rotatable bonds is 4. The second kappa shape index (κ2) is 6.02. The molecular weight excluding hydrogens is 330 g/mol. The van der Waals surface area contributed by atoms with Gasteiger partial charge in [0.15, 0.2) is 17.7 Å². The Bertz CT molecular complexity index is 872. The molecule has 0 saturated carbocycles. The molecule has 0 saturated heterocycles. The molecule has 5 nitrogen and oxygen atoms in total. The molecule has 1 unspecified atom stereocenters. The van der Waals surface area contributed by atoms with Crippen LogP contribution in [0.2, 0.25) is 0 Å². The molecule has 0 aromatic heterocycles. The molecule has 2 aliphatic rings. The summed E-state index contributed by atoms with van der Waals surface area (Å²) in [6, 6.07) is 11.7. The van der Waals surface area contributed by atoms with Gasteiger partial charge in [-0.3, -0.25) is 9.69 Å². The average molecular weight is 353 g/mol. The Morgan fingerprint density at radius 1 is 1.08 bits per heavy atom. The highest BCUT2D eigenvalue weighted by atomic mass is 16.5. The molecule has 136 valence electrons. The monoisotopic (exact) mass is 353 g/mol. The van der Waals surface area contributed by atoms with Crippen LogP contribution in [0.4, 0.5) is 5.69 Å². The predicted octanol–water partition coefficient (Wildman–Crippen LogP) is 4.41. The minimum Gasteiger partial charge on any atom is -0.493 e. The van der Waals surface area contributed by atoms with Gasteiger partial charge in [0.25, 0.3) is 5.91 Å². The van der Waals surface area contributed by atoms with E-state index < -0.39 is 11.8 Å². The molecule has 0 spiro atoms. The molecule has 26 heavy (non-hydrogen) atoms. The maximum absolute atomic E-state index is 13.2. The fourth-order valence-corrected chi connectivity index (χ4v) is 4.16. The summed E-state index contributed by atoms with van der Waals surface area (Å²) in [5.74, 6) is 1.08. The van der Waals surface area contributed by atoms with Gasteiger partial charge in [-0.25, -0.2) is 0 Å². The highest BCUT2D eigenvalue weighted by Gasteiger charge is 2.50. The van der Waals surface area contributed by atoms with Gasteiger partial charge in [0.2, 0.25) is 0 Å². The van der Waals surface area contributed by atoms with Gasteiger partial charge in [0, 0.05) is 11.1 Å². The summed E-state index contributed by atoms with van der Waals surface area (Å²) in [5, 5.41) is 0. The van der Waals surface area contributed by atoms with Gasteiger partial charge in [-0.15, -0.1) is 0 Å². The maximum Gasteiger partial charge on any atom is 0.261 e. The lowest BCUT2D eigenvalue weighted by atomic mass is 9.85. The SMILES string of the molecule is CCC1(CC)OC2c3cc(OC)c(OC)cc3C(=O)N2c2ccccc21. The summed E-state index contributed by atoms with van der Waals surface area (Å²) >= 11 is 0. The number of para-hydroxylation sites is 1. The van der Waals surface area contributed by atoms with Gasteiger partial charge in [-0.2, -0.15) is 0 Å². The molecule has 0 N–H and O–H groups in total. The molecule has 2 aliphatic heterocycles. The topological polar surface area (TPSA) is 48.0 Å². The Hall–Kier alpha value is -2.53. The van der Waals surface area contributed by atoms with E-state index in [1.165, 1.54) is 0 Å². The molecular formula is C21H23NO4. The van der Waals surface area contributed by atoms with Gasteiger partial charge in [-0.05, 0) is 31.0 Å².